The molecule has 0 aromatic carbocycles. The van der Waals surface area contributed by atoms with E-state index >= 15 is 0 Å². The third-order valence-electron chi connectivity index (χ3n) is 3.46. The smallest absolute Gasteiger partial charge is 0.261 e. The van der Waals surface area contributed by atoms with E-state index in [1.165, 1.54) is 16.2 Å². The summed E-state index contributed by atoms with van der Waals surface area (Å²) < 4.78 is 15.7. The van der Waals surface area contributed by atoms with E-state index in [0.717, 1.165) is 15.3 Å². The molecule has 106 valence electrons. The van der Waals surface area contributed by atoms with Gasteiger partial charge in [0.05, 0.1) is 17.4 Å². The van der Waals surface area contributed by atoms with Crippen molar-refractivity contribution < 1.29 is 9.18 Å². The van der Waals surface area contributed by atoms with E-state index in [2.05, 4.69) is 9.97 Å². The van der Waals surface area contributed by atoms with Crippen LogP contribution >= 0.6 is 11.3 Å². The number of fused-ring (bicyclic) bond motifs is 1. The molecule has 3 rings (SSSR count). The summed E-state index contributed by atoms with van der Waals surface area (Å²) in [5.41, 5.74) is -0.998. The van der Waals surface area contributed by atoms with Crippen LogP contribution in [0.3, 0.4) is 0 Å². The third kappa shape index (κ3) is 2.11. The first-order valence-electron chi connectivity index (χ1n) is 6.36. The van der Waals surface area contributed by atoms with Crippen LogP contribution in [0.25, 0.3) is 10.2 Å². The number of aromatic nitrogens is 2. The van der Waals surface area contributed by atoms with Crippen molar-refractivity contribution >= 4 is 32.6 Å². The van der Waals surface area contributed by atoms with Gasteiger partial charge in [-0.25, -0.2) is 9.37 Å². The first-order chi connectivity index (χ1) is 9.49. The maximum atomic E-state index is 14.7. The Labute approximate surface area is 120 Å². The van der Waals surface area contributed by atoms with Crippen molar-refractivity contribution in [3.63, 3.8) is 0 Å². The van der Waals surface area contributed by atoms with Crippen LogP contribution in [0.5, 0.6) is 0 Å². The molecular formula is C13H15FN4OS. The Kier molecular flexibility index (Phi) is 3.08. The Balaban J connectivity index is 1.85. The van der Waals surface area contributed by atoms with Crippen LogP contribution in [0.2, 0.25) is 0 Å². The number of hydrogen-bond acceptors (Lipinski definition) is 5. The lowest BCUT2D eigenvalue weighted by molar-refractivity contribution is -0.139. The molecule has 0 radical (unpaired) electrons. The molecule has 1 aliphatic heterocycles. The molecule has 1 fully saturated rings. The maximum absolute atomic E-state index is 14.7. The predicted molar refractivity (Wildman–Crippen MR) is 76.8 cm³/mol. The SMILES string of the molecule is CN(C)C(=O)C1(F)CCN(c2nc3cnccc3s2)C1. The Morgan fingerprint density at radius 1 is 1.55 bits per heavy atom. The first kappa shape index (κ1) is 13.2. The number of rotatable bonds is 2. The molecule has 7 heteroatoms. The number of carbonyl (C=O) groups excluding carboxylic acids is 1. The Morgan fingerprint density at radius 3 is 3.05 bits per heavy atom. The second kappa shape index (κ2) is 4.66. The Bertz CT molecular complexity index is 626. The van der Waals surface area contributed by atoms with Gasteiger partial charge in [0, 0.05) is 33.3 Å². The molecule has 2 aromatic rings. The van der Waals surface area contributed by atoms with Gasteiger partial charge in [0.1, 0.15) is 5.52 Å². The quantitative estimate of drug-likeness (QED) is 0.846. The van der Waals surface area contributed by atoms with Crippen LogP contribution in [-0.4, -0.2) is 53.6 Å². The van der Waals surface area contributed by atoms with E-state index in [9.17, 15) is 9.18 Å². The number of thiazole rings is 1. The summed E-state index contributed by atoms with van der Waals surface area (Å²) in [6.07, 6.45) is 3.61. The summed E-state index contributed by atoms with van der Waals surface area (Å²) in [4.78, 5) is 23.5. The summed E-state index contributed by atoms with van der Waals surface area (Å²) in [5, 5.41) is 0.749. The Morgan fingerprint density at radius 2 is 2.35 bits per heavy atom. The van der Waals surface area contributed by atoms with Crippen LogP contribution in [0, 0.1) is 0 Å². The van der Waals surface area contributed by atoms with Gasteiger partial charge in [-0.1, -0.05) is 11.3 Å². The normalized spacial score (nSPS) is 22.4. The second-order valence-corrected chi connectivity index (χ2v) is 6.19. The molecule has 0 N–H and O–H groups in total. The third-order valence-corrected chi connectivity index (χ3v) is 4.56. The highest BCUT2D eigenvalue weighted by atomic mass is 32.1. The zero-order valence-electron chi connectivity index (χ0n) is 11.3. The molecule has 1 aliphatic rings. The van der Waals surface area contributed by atoms with E-state index in [1.54, 1.807) is 26.5 Å². The lowest BCUT2D eigenvalue weighted by atomic mass is 10.0. The molecule has 0 bridgehead atoms. The van der Waals surface area contributed by atoms with Crippen LogP contribution in [0.15, 0.2) is 18.5 Å². The molecule has 0 spiro atoms. The minimum absolute atomic E-state index is 0.0667. The van der Waals surface area contributed by atoms with E-state index in [-0.39, 0.29) is 13.0 Å². The molecule has 5 nitrogen and oxygen atoms in total. The lowest BCUT2D eigenvalue weighted by Gasteiger charge is -2.23. The highest BCUT2D eigenvalue weighted by Gasteiger charge is 2.46. The first-order valence-corrected chi connectivity index (χ1v) is 7.17. The van der Waals surface area contributed by atoms with Gasteiger partial charge in [0.2, 0.25) is 5.67 Å². The van der Waals surface area contributed by atoms with Crippen molar-refractivity contribution in [3.8, 4) is 0 Å². The van der Waals surface area contributed by atoms with E-state index in [0.29, 0.717) is 6.54 Å². The summed E-state index contributed by atoms with van der Waals surface area (Å²) in [7, 11) is 3.16. The number of hydrogen-bond donors (Lipinski definition) is 0. The van der Waals surface area contributed by atoms with Gasteiger partial charge in [-0.05, 0) is 6.07 Å². The van der Waals surface area contributed by atoms with Crippen molar-refractivity contribution in [1.29, 1.82) is 0 Å². The van der Waals surface area contributed by atoms with E-state index in [4.69, 9.17) is 0 Å². The van der Waals surface area contributed by atoms with Crippen LogP contribution in [0.1, 0.15) is 6.42 Å². The molecule has 1 unspecified atom stereocenters. The highest BCUT2D eigenvalue weighted by molar-refractivity contribution is 7.22. The van der Waals surface area contributed by atoms with E-state index < -0.39 is 11.6 Å². The van der Waals surface area contributed by atoms with Crippen LogP contribution in [0.4, 0.5) is 9.52 Å². The van der Waals surface area contributed by atoms with Crippen LogP contribution in [-0.2, 0) is 4.79 Å². The van der Waals surface area contributed by atoms with Crippen molar-refractivity contribution in [3.05, 3.63) is 18.5 Å². The van der Waals surface area contributed by atoms with Gasteiger partial charge in [-0.2, -0.15) is 0 Å². The monoisotopic (exact) mass is 294 g/mol. The molecule has 0 aliphatic carbocycles. The second-order valence-electron chi connectivity index (χ2n) is 5.18. The zero-order chi connectivity index (χ0) is 14.3. The highest BCUT2D eigenvalue weighted by Crippen LogP contribution is 2.35. The van der Waals surface area contributed by atoms with Crippen LogP contribution < -0.4 is 4.90 Å². The van der Waals surface area contributed by atoms with Gasteiger partial charge in [0.15, 0.2) is 5.13 Å². The fraction of sp³-hybridized carbons (Fsp3) is 0.462. The molecular weight excluding hydrogens is 279 g/mol. The minimum Gasteiger partial charge on any atom is -0.346 e. The van der Waals surface area contributed by atoms with Gasteiger partial charge in [-0.3, -0.25) is 9.78 Å². The molecule has 1 saturated heterocycles. The number of anilines is 1. The molecule has 2 aromatic heterocycles. The minimum atomic E-state index is -1.81. The van der Waals surface area contributed by atoms with Gasteiger partial charge >= 0.3 is 0 Å². The standard InChI is InChI=1S/C13H15FN4OS/c1-17(2)11(19)13(14)4-6-18(8-13)12-16-9-7-15-5-3-10(9)20-12/h3,5,7H,4,6,8H2,1-2H3. The van der Waals surface area contributed by atoms with Crippen molar-refractivity contribution in [2.24, 2.45) is 0 Å². The number of halogens is 1. The molecule has 1 atom stereocenters. The summed E-state index contributed by atoms with van der Waals surface area (Å²) in [6, 6.07) is 1.89. The average Bonchev–Trinajstić information content (AvgIpc) is 3.01. The average molecular weight is 294 g/mol. The van der Waals surface area contributed by atoms with Gasteiger partial charge < -0.3 is 9.80 Å². The number of amides is 1. The predicted octanol–water partition coefficient (Wildman–Crippen LogP) is 1.70. The summed E-state index contributed by atoms with van der Waals surface area (Å²) >= 11 is 1.50. The van der Waals surface area contributed by atoms with Crippen molar-refractivity contribution in [2.75, 3.05) is 32.1 Å². The van der Waals surface area contributed by atoms with Crippen molar-refractivity contribution in [2.45, 2.75) is 12.1 Å². The van der Waals surface area contributed by atoms with Gasteiger partial charge in [0.25, 0.3) is 5.91 Å². The Hall–Kier alpha value is -1.76. The molecule has 0 saturated carbocycles. The van der Waals surface area contributed by atoms with E-state index in [1.807, 2.05) is 11.0 Å². The number of alkyl halides is 1. The number of pyridine rings is 1. The van der Waals surface area contributed by atoms with Crippen molar-refractivity contribution in [1.82, 2.24) is 14.9 Å². The molecule has 3 heterocycles. The summed E-state index contributed by atoms with van der Waals surface area (Å²) in [6.45, 7) is 0.570. The summed E-state index contributed by atoms with van der Waals surface area (Å²) in [5.74, 6) is -0.470. The fourth-order valence-electron chi connectivity index (χ4n) is 2.41. The number of carbonyl (C=O) groups is 1. The molecule has 1 amide bonds. The lowest BCUT2D eigenvalue weighted by Crippen LogP contribution is -2.44. The topological polar surface area (TPSA) is 49.3 Å². The fourth-order valence-corrected chi connectivity index (χ4v) is 3.37. The number of nitrogens with zero attached hydrogens (tertiary/aromatic N) is 4. The maximum Gasteiger partial charge on any atom is 0.261 e. The molecule has 20 heavy (non-hydrogen) atoms. The largest absolute Gasteiger partial charge is 0.346 e. The zero-order valence-corrected chi connectivity index (χ0v) is 12.2. The van der Waals surface area contributed by atoms with Gasteiger partial charge in [-0.15, -0.1) is 0 Å².